The summed E-state index contributed by atoms with van der Waals surface area (Å²) in [5.41, 5.74) is -0.704. The lowest BCUT2D eigenvalue weighted by molar-refractivity contribution is -0.384. The van der Waals surface area contributed by atoms with Crippen LogP contribution in [0.2, 0.25) is 5.02 Å². The molecule has 0 aromatic heterocycles. The average molecular weight is 272 g/mol. The number of anilines is 1. The van der Waals surface area contributed by atoms with Crippen molar-refractivity contribution in [2.45, 2.75) is 19.4 Å². The first kappa shape index (κ1) is 14.4. The number of halogens is 1. The topological polar surface area (TPSA) is 84.3 Å². The first-order valence-electron chi connectivity index (χ1n) is 5.22. The van der Waals surface area contributed by atoms with E-state index in [1.165, 1.54) is 18.2 Å². The van der Waals surface area contributed by atoms with E-state index >= 15 is 0 Å². The van der Waals surface area contributed by atoms with Gasteiger partial charge in [0.2, 0.25) is 5.91 Å². The minimum Gasteiger partial charge on any atom is -0.323 e. The highest BCUT2D eigenvalue weighted by atomic mass is 35.5. The van der Waals surface area contributed by atoms with Crippen molar-refractivity contribution in [2.24, 2.45) is 0 Å². The molecule has 0 heterocycles. The number of nitro benzene ring substituents is 1. The van der Waals surface area contributed by atoms with E-state index in [9.17, 15) is 14.9 Å². The molecule has 0 radical (unpaired) electrons. The number of hydrogen-bond donors (Lipinski definition) is 2. The van der Waals surface area contributed by atoms with Crippen LogP contribution in [0.5, 0.6) is 0 Å². The predicted octanol–water partition coefficient (Wildman–Crippen LogP) is 2.18. The molecule has 0 saturated carbocycles. The molecule has 1 rings (SSSR count). The second-order valence-corrected chi connectivity index (χ2v) is 4.66. The molecule has 0 saturated heterocycles. The van der Waals surface area contributed by atoms with Gasteiger partial charge in [-0.2, -0.15) is 0 Å². The van der Waals surface area contributed by atoms with Gasteiger partial charge in [-0.25, -0.2) is 0 Å². The predicted molar refractivity (Wildman–Crippen MR) is 69.9 cm³/mol. The van der Waals surface area contributed by atoms with Gasteiger partial charge >= 0.3 is 0 Å². The lowest BCUT2D eigenvalue weighted by Gasteiger charge is -2.22. The molecule has 0 aliphatic rings. The molecular weight excluding hydrogens is 258 g/mol. The maximum atomic E-state index is 11.9. The van der Waals surface area contributed by atoms with Crippen LogP contribution in [0, 0.1) is 10.1 Å². The number of non-ortho nitro benzene ring substituents is 1. The number of nitro groups is 1. The Balaban J connectivity index is 3.01. The van der Waals surface area contributed by atoms with Crippen LogP contribution >= 0.6 is 11.6 Å². The molecule has 7 heteroatoms. The van der Waals surface area contributed by atoms with Gasteiger partial charge in [0, 0.05) is 12.1 Å². The molecule has 1 aromatic rings. The van der Waals surface area contributed by atoms with Gasteiger partial charge in [0.05, 0.1) is 21.2 Å². The summed E-state index contributed by atoms with van der Waals surface area (Å²) in [4.78, 5) is 22.0. The fourth-order valence-corrected chi connectivity index (χ4v) is 1.28. The summed E-state index contributed by atoms with van der Waals surface area (Å²) in [7, 11) is 1.65. The summed E-state index contributed by atoms with van der Waals surface area (Å²) in [5, 5.41) is 16.3. The molecule has 1 amide bonds. The Labute approximate surface area is 109 Å². The van der Waals surface area contributed by atoms with Crippen molar-refractivity contribution in [1.29, 1.82) is 0 Å². The molecule has 0 aliphatic heterocycles. The third kappa shape index (κ3) is 3.18. The minimum absolute atomic E-state index is 0.128. The first-order chi connectivity index (χ1) is 8.27. The number of nitrogens with zero attached hydrogens (tertiary/aromatic N) is 1. The smallest absolute Gasteiger partial charge is 0.271 e. The maximum Gasteiger partial charge on any atom is 0.271 e. The molecule has 0 spiro atoms. The lowest BCUT2D eigenvalue weighted by atomic mass is 10.1. The summed E-state index contributed by atoms with van der Waals surface area (Å²) in [6, 6.07) is 3.88. The summed E-state index contributed by atoms with van der Waals surface area (Å²) in [6.45, 7) is 3.38. The maximum absolute atomic E-state index is 11.9. The van der Waals surface area contributed by atoms with E-state index < -0.39 is 10.5 Å². The third-order valence-corrected chi connectivity index (χ3v) is 2.93. The van der Waals surface area contributed by atoms with Crippen molar-refractivity contribution in [3.63, 3.8) is 0 Å². The van der Waals surface area contributed by atoms with Gasteiger partial charge in [0.15, 0.2) is 0 Å². The van der Waals surface area contributed by atoms with Crippen molar-refractivity contribution >= 4 is 28.9 Å². The Bertz CT molecular complexity index is 488. The number of rotatable bonds is 4. The fourth-order valence-electron chi connectivity index (χ4n) is 1.11. The minimum atomic E-state index is -0.798. The SMILES string of the molecule is CNC(C)(C)C(=O)Nc1cc([N+](=O)[O-])ccc1Cl. The van der Waals surface area contributed by atoms with E-state index in [2.05, 4.69) is 10.6 Å². The number of carbonyl (C=O) groups excluding carboxylic acids is 1. The molecule has 0 fully saturated rings. The molecule has 6 nitrogen and oxygen atoms in total. The summed E-state index contributed by atoms with van der Waals surface area (Å²) in [5.74, 6) is -0.326. The van der Waals surface area contributed by atoms with Gasteiger partial charge in [-0.1, -0.05) is 11.6 Å². The highest BCUT2D eigenvalue weighted by Gasteiger charge is 2.26. The van der Waals surface area contributed by atoms with Crippen molar-refractivity contribution in [1.82, 2.24) is 5.32 Å². The summed E-state index contributed by atoms with van der Waals surface area (Å²) in [6.07, 6.45) is 0. The summed E-state index contributed by atoms with van der Waals surface area (Å²) >= 11 is 5.88. The van der Waals surface area contributed by atoms with Crippen LogP contribution in [0.1, 0.15) is 13.8 Å². The number of nitrogens with one attached hydrogen (secondary N) is 2. The molecule has 0 bridgehead atoms. The van der Waals surface area contributed by atoms with Crippen LogP contribution in [0.15, 0.2) is 18.2 Å². The van der Waals surface area contributed by atoms with Crippen molar-refractivity contribution in [3.05, 3.63) is 33.3 Å². The van der Waals surface area contributed by atoms with Crippen LogP contribution in [0.25, 0.3) is 0 Å². The number of carbonyl (C=O) groups is 1. The highest BCUT2D eigenvalue weighted by Crippen LogP contribution is 2.27. The van der Waals surface area contributed by atoms with E-state index in [-0.39, 0.29) is 22.3 Å². The van der Waals surface area contributed by atoms with Crippen LogP contribution < -0.4 is 10.6 Å². The molecule has 98 valence electrons. The van der Waals surface area contributed by atoms with Crippen LogP contribution in [0.4, 0.5) is 11.4 Å². The molecule has 0 unspecified atom stereocenters. The Morgan fingerprint density at radius 3 is 2.56 bits per heavy atom. The van der Waals surface area contributed by atoms with E-state index in [0.717, 1.165) is 0 Å². The highest BCUT2D eigenvalue weighted by molar-refractivity contribution is 6.33. The molecule has 1 aromatic carbocycles. The van der Waals surface area contributed by atoms with Crippen LogP contribution in [-0.4, -0.2) is 23.4 Å². The quantitative estimate of drug-likeness (QED) is 0.649. The number of hydrogen-bond acceptors (Lipinski definition) is 4. The molecule has 0 aliphatic carbocycles. The zero-order valence-electron chi connectivity index (χ0n) is 10.3. The molecule has 18 heavy (non-hydrogen) atoms. The third-order valence-electron chi connectivity index (χ3n) is 2.60. The normalized spacial score (nSPS) is 11.1. The van der Waals surface area contributed by atoms with Gasteiger partial charge in [0.1, 0.15) is 0 Å². The van der Waals surface area contributed by atoms with E-state index in [0.29, 0.717) is 0 Å². The first-order valence-corrected chi connectivity index (χ1v) is 5.60. The largest absolute Gasteiger partial charge is 0.323 e. The van der Waals surface area contributed by atoms with Gasteiger partial charge in [-0.3, -0.25) is 14.9 Å². The average Bonchev–Trinajstić information content (AvgIpc) is 2.31. The van der Waals surface area contributed by atoms with Crippen LogP contribution in [-0.2, 0) is 4.79 Å². The lowest BCUT2D eigenvalue weighted by Crippen LogP contribution is -2.47. The zero-order chi connectivity index (χ0) is 13.9. The van der Waals surface area contributed by atoms with Crippen molar-refractivity contribution < 1.29 is 9.72 Å². The number of amides is 1. The van der Waals surface area contributed by atoms with Crippen molar-refractivity contribution in [2.75, 3.05) is 12.4 Å². The number of likely N-dealkylation sites (N-methyl/N-ethyl adjacent to an activating group) is 1. The van der Waals surface area contributed by atoms with Crippen molar-refractivity contribution in [3.8, 4) is 0 Å². The second-order valence-electron chi connectivity index (χ2n) is 4.25. The molecular formula is C11H14ClN3O3. The van der Waals surface area contributed by atoms with E-state index in [1.807, 2.05) is 0 Å². The Morgan fingerprint density at radius 1 is 1.44 bits per heavy atom. The van der Waals surface area contributed by atoms with Gasteiger partial charge < -0.3 is 10.6 Å². The van der Waals surface area contributed by atoms with Gasteiger partial charge in [0.25, 0.3) is 5.69 Å². The number of benzene rings is 1. The Hall–Kier alpha value is -1.66. The second kappa shape index (κ2) is 5.32. The monoisotopic (exact) mass is 271 g/mol. The van der Waals surface area contributed by atoms with E-state index in [1.54, 1.807) is 20.9 Å². The van der Waals surface area contributed by atoms with Gasteiger partial charge in [-0.05, 0) is 27.0 Å². The standard InChI is InChI=1S/C11H14ClN3O3/c1-11(2,13-3)10(16)14-9-6-7(15(17)18)4-5-8(9)12/h4-6,13H,1-3H3,(H,14,16). The Morgan fingerprint density at radius 2 is 2.06 bits per heavy atom. The fraction of sp³-hybridized carbons (Fsp3) is 0.364. The summed E-state index contributed by atoms with van der Waals surface area (Å²) < 4.78 is 0. The molecule has 0 atom stereocenters. The Kier molecular flexibility index (Phi) is 4.26. The zero-order valence-corrected chi connectivity index (χ0v) is 11.0. The van der Waals surface area contributed by atoms with Gasteiger partial charge in [-0.15, -0.1) is 0 Å². The molecule has 2 N–H and O–H groups in total. The van der Waals surface area contributed by atoms with Crippen LogP contribution in [0.3, 0.4) is 0 Å². The van der Waals surface area contributed by atoms with E-state index in [4.69, 9.17) is 11.6 Å².